The number of hydrogen-bond donors (Lipinski definition) is 2. The third-order valence-corrected chi connectivity index (χ3v) is 4.28. The average Bonchev–Trinajstić information content (AvgIpc) is 2.43. The fourth-order valence-corrected chi connectivity index (χ4v) is 3.09. The van der Waals surface area contributed by atoms with Gasteiger partial charge in [0.15, 0.2) is 0 Å². The number of sulfonamides is 1. The largest absolute Gasteiger partial charge is 0.384 e. The monoisotopic (exact) mass is 311 g/mol. The molecule has 0 aliphatic heterocycles. The third-order valence-electron chi connectivity index (χ3n) is 2.80. The zero-order valence-corrected chi connectivity index (χ0v) is 13.3. The molecule has 6 heteroatoms. The average molecular weight is 311 g/mol. The van der Waals surface area contributed by atoms with E-state index in [-0.39, 0.29) is 24.0 Å². The minimum atomic E-state index is -3.64. The molecule has 116 valence electrons. The topological polar surface area (TPSA) is 75.6 Å². The van der Waals surface area contributed by atoms with Crippen molar-refractivity contribution < 1.29 is 18.3 Å². The van der Waals surface area contributed by atoms with Crippen molar-refractivity contribution in [1.82, 2.24) is 4.72 Å². The van der Waals surface area contributed by atoms with Crippen LogP contribution in [0.5, 0.6) is 0 Å². The maximum Gasteiger partial charge on any atom is 0.241 e. The molecule has 0 aliphatic carbocycles. The molecule has 0 heterocycles. The summed E-state index contributed by atoms with van der Waals surface area (Å²) in [5.41, 5.74) is 1.29. The Balaban J connectivity index is 3.02. The number of methoxy groups -OCH3 is 1. The Morgan fingerprint density at radius 3 is 2.76 bits per heavy atom. The molecule has 0 aliphatic rings. The highest BCUT2D eigenvalue weighted by atomic mass is 32.2. The van der Waals surface area contributed by atoms with E-state index in [0.717, 1.165) is 5.56 Å². The van der Waals surface area contributed by atoms with Crippen LogP contribution in [0.1, 0.15) is 18.1 Å². The Hall–Kier alpha value is -1.39. The molecular weight excluding hydrogens is 290 g/mol. The molecular formula is C15H21NO4S. The Kier molecular flexibility index (Phi) is 6.85. The first-order valence-electron chi connectivity index (χ1n) is 6.59. The van der Waals surface area contributed by atoms with Gasteiger partial charge in [-0.05, 0) is 30.5 Å². The first-order chi connectivity index (χ1) is 9.90. The van der Waals surface area contributed by atoms with Crippen molar-refractivity contribution in [3.8, 4) is 11.8 Å². The van der Waals surface area contributed by atoms with Gasteiger partial charge in [-0.3, -0.25) is 0 Å². The first-order valence-corrected chi connectivity index (χ1v) is 8.08. The van der Waals surface area contributed by atoms with Crippen LogP contribution in [0, 0.1) is 24.7 Å². The van der Waals surface area contributed by atoms with Crippen LogP contribution in [0.15, 0.2) is 23.1 Å². The van der Waals surface area contributed by atoms with Gasteiger partial charge in [0.2, 0.25) is 10.0 Å². The fourth-order valence-electron chi connectivity index (χ4n) is 1.78. The lowest BCUT2D eigenvalue weighted by Crippen LogP contribution is -2.30. The van der Waals surface area contributed by atoms with Crippen LogP contribution < -0.4 is 4.72 Å². The van der Waals surface area contributed by atoms with E-state index in [0.29, 0.717) is 12.2 Å². The Bertz CT molecular complexity index is 629. The molecule has 5 nitrogen and oxygen atoms in total. The van der Waals surface area contributed by atoms with Crippen molar-refractivity contribution in [3.63, 3.8) is 0 Å². The van der Waals surface area contributed by atoms with E-state index in [9.17, 15) is 8.42 Å². The van der Waals surface area contributed by atoms with Crippen LogP contribution >= 0.6 is 0 Å². The minimum absolute atomic E-state index is 0.0715. The number of aliphatic hydroxyl groups is 1. The molecule has 1 atom stereocenters. The number of nitrogens with one attached hydrogen (secondary N) is 1. The van der Waals surface area contributed by atoms with E-state index < -0.39 is 10.0 Å². The van der Waals surface area contributed by atoms with E-state index in [1.165, 1.54) is 6.07 Å². The lowest BCUT2D eigenvalue weighted by molar-refractivity contribution is 0.161. The standard InChI is InChI=1S/C15H21NO4S/c1-12-6-7-15(14(9-12)5-4-8-17)21(18,19)16-10-13(2)11-20-3/h6-7,9,13,16-17H,8,10-11H2,1-3H3. The molecule has 0 aromatic heterocycles. The second-order valence-electron chi connectivity index (χ2n) is 4.87. The quantitative estimate of drug-likeness (QED) is 0.765. The molecule has 1 unspecified atom stereocenters. The number of rotatable bonds is 6. The van der Waals surface area contributed by atoms with Gasteiger partial charge in [-0.15, -0.1) is 0 Å². The maximum absolute atomic E-state index is 12.4. The summed E-state index contributed by atoms with van der Waals surface area (Å²) in [5.74, 6) is 5.23. The third kappa shape index (κ3) is 5.48. The van der Waals surface area contributed by atoms with Crippen LogP contribution in [0.25, 0.3) is 0 Å². The molecule has 0 fully saturated rings. The highest BCUT2D eigenvalue weighted by Gasteiger charge is 2.18. The van der Waals surface area contributed by atoms with Crippen molar-refractivity contribution in [2.45, 2.75) is 18.7 Å². The molecule has 1 aromatic rings. The second-order valence-corrected chi connectivity index (χ2v) is 6.61. The van der Waals surface area contributed by atoms with Crippen LogP contribution in [0.2, 0.25) is 0 Å². The van der Waals surface area contributed by atoms with Gasteiger partial charge in [0, 0.05) is 25.8 Å². The minimum Gasteiger partial charge on any atom is -0.384 e. The van der Waals surface area contributed by atoms with Gasteiger partial charge in [-0.1, -0.05) is 24.8 Å². The van der Waals surface area contributed by atoms with Crippen LogP contribution in [0.3, 0.4) is 0 Å². The van der Waals surface area contributed by atoms with Crippen molar-refractivity contribution in [1.29, 1.82) is 0 Å². The van der Waals surface area contributed by atoms with Gasteiger partial charge < -0.3 is 9.84 Å². The van der Waals surface area contributed by atoms with Crippen molar-refractivity contribution >= 4 is 10.0 Å². The normalized spacial score (nSPS) is 12.6. The Morgan fingerprint density at radius 2 is 2.14 bits per heavy atom. The smallest absolute Gasteiger partial charge is 0.241 e. The van der Waals surface area contributed by atoms with E-state index in [2.05, 4.69) is 16.6 Å². The van der Waals surface area contributed by atoms with Crippen molar-refractivity contribution in [2.24, 2.45) is 5.92 Å². The molecule has 0 saturated heterocycles. The molecule has 0 spiro atoms. The van der Waals surface area contributed by atoms with Gasteiger partial charge >= 0.3 is 0 Å². The highest BCUT2D eigenvalue weighted by Crippen LogP contribution is 2.16. The summed E-state index contributed by atoms with van der Waals surface area (Å²) in [6.45, 7) is 4.21. The predicted octanol–water partition coefficient (Wildman–Crippen LogP) is 0.900. The first kappa shape index (κ1) is 17.7. The van der Waals surface area contributed by atoms with Crippen LogP contribution in [-0.4, -0.2) is 40.4 Å². The summed E-state index contributed by atoms with van der Waals surface area (Å²) in [5, 5.41) is 8.77. The second kappa shape index (κ2) is 8.15. The number of aliphatic hydroxyl groups excluding tert-OH is 1. The lowest BCUT2D eigenvalue weighted by Gasteiger charge is -2.13. The molecule has 0 radical (unpaired) electrons. The number of aryl methyl sites for hydroxylation is 1. The van der Waals surface area contributed by atoms with Gasteiger partial charge in [-0.2, -0.15) is 0 Å². The summed E-state index contributed by atoms with van der Waals surface area (Å²) in [4.78, 5) is 0.124. The number of benzene rings is 1. The Labute approximate surface area is 126 Å². The van der Waals surface area contributed by atoms with Gasteiger partial charge in [0.05, 0.1) is 4.90 Å². The summed E-state index contributed by atoms with van der Waals surface area (Å²) in [6.07, 6.45) is 0. The summed E-state index contributed by atoms with van der Waals surface area (Å²) >= 11 is 0. The van der Waals surface area contributed by atoms with E-state index >= 15 is 0 Å². The summed E-state index contributed by atoms with van der Waals surface area (Å²) in [7, 11) is -2.06. The zero-order valence-electron chi connectivity index (χ0n) is 12.5. The van der Waals surface area contributed by atoms with Gasteiger partial charge in [0.1, 0.15) is 6.61 Å². The fraction of sp³-hybridized carbons (Fsp3) is 0.467. The zero-order chi connectivity index (χ0) is 15.9. The number of ether oxygens (including phenoxy) is 1. The van der Waals surface area contributed by atoms with Crippen molar-refractivity contribution in [2.75, 3.05) is 26.9 Å². The molecule has 0 bridgehead atoms. The molecule has 1 rings (SSSR count). The highest BCUT2D eigenvalue weighted by molar-refractivity contribution is 7.89. The van der Waals surface area contributed by atoms with Crippen LogP contribution in [-0.2, 0) is 14.8 Å². The van der Waals surface area contributed by atoms with Crippen molar-refractivity contribution in [3.05, 3.63) is 29.3 Å². The van der Waals surface area contributed by atoms with E-state index in [1.807, 2.05) is 13.8 Å². The SMILES string of the molecule is COCC(C)CNS(=O)(=O)c1ccc(C)cc1C#CCO. The summed E-state index contributed by atoms with van der Waals surface area (Å²) < 4.78 is 32.2. The van der Waals surface area contributed by atoms with E-state index in [1.54, 1.807) is 19.2 Å². The Morgan fingerprint density at radius 1 is 1.43 bits per heavy atom. The van der Waals surface area contributed by atoms with Crippen LogP contribution in [0.4, 0.5) is 0 Å². The lowest BCUT2D eigenvalue weighted by atomic mass is 10.1. The molecule has 0 saturated carbocycles. The maximum atomic E-state index is 12.4. The molecule has 1 aromatic carbocycles. The molecule has 0 amide bonds. The number of hydrogen-bond acceptors (Lipinski definition) is 4. The van der Waals surface area contributed by atoms with Gasteiger partial charge in [-0.25, -0.2) is 13.1 Å². The predicted molar refractivity (Wildman–Crippen MR) is 81.4 cm³/mol. The van der Waals surface area contributed by atoms with Gasteiger partial charge in [0.25, 0.3) is 0 Å². The molecule has 21 heavy (non-hydrogen) atoms. The molecule has 2 N–H and O–H groups in total. The summed E-state index contributed by atoms with van der Waals surface area (Å²) in [6, 6.07) is 4.94. The van der Waals surface area contributed by atoms with E-state index in [4.69, 9.17) is 9.84 Å².